The van der Waals surface area contributed by atoms with Crippen LogP contribution in [0.5, 0.6) is 11.6 Å². The molecule has 1 aliphatic rings. The lowest BCUT2D eigenvalue weighted by Gasteiger charge is -2.33. The molecule has 7 nitrogen and oxygen atoms in total. The fourth-order valence-corrected chi connectivity index (χ4v) is 3.97. The number of pyridine rings is 1. The van der Waals surface area contributed by atoms with E-state index in [2.05, 4.69) is 10.3 Å². The smallest absolute Gasteiger partial charge is 0.267 e. The summed E-state index contributed by atoms with van der Waals surface area (Å²) in [6.07, 6.45) is 1.57. The number of benzene rings is 1. The molecule has 3 aromatic rings. The molecule has 1 aliphatic heterocycles. The summed E-state index contributed by atoms with van der Waals surface area (Å²) >= 11 is 0. The van der Waals surface area contributed by atoms with E-state index in [-0.39, 0.29) is 46.9 Å². The summed E-state index contributed by atoms with van der Waals surface area (Å²) in [4.78, 5) is 15.9. The molecule has 3 heterocycles. The monoisotopic (exact) mass is 417 g/mol. The number of piperidine rings is 1. The number of nitrogens with one attached hydrogen (secondary N) is 1. The van der Waals surface area contributed by atoms with Gasteiger partial charge >= 0.3 is 0 Å². The Morgan fingerprint density at radius 1 is 1.43 bits per heavy atom. The zero-order chi connectivity index (χ0) is 21.5. The average molecular weight is 417 g/mol. The lowest BCUT2D eigenvalue weighted by atomic mass is 9.83. The first-order valence-corrected chi connectivity index (χ1v) is 9.49. The number of hydrogen-bond acceptors (Lipinski definition) is 6. The third kappa shape index (κ3) is 3.45. The van der Waals surface area contributed by atoms with Crippen LogP contribution in [0, 0.1) is 6.92 Å². The number of alkyl halides is 2. The minimum Gasteiger partial charge on any atom is -0.493 e. The highest BCUT2D eigenvalue weighted by atomic mass is 19.3. The summed E-state index contributed by atoms with van der Waals surface area (Å²) in [5.41, 5.74) is 6.50. The van der Waals surface area contributed by atoms with E-state index < -0.39 is 24.3 Å². The molecular formula is C21H21F2N3O4. The molecule has 1 aromatic carbocycles. The van der Waals surface area contributed by atoms with Crippen LogP contribution in [0.15, 0.2) is 34.9 Å². The van der Waals surface area contributed by atoms with Gasteiger partial charge in [-0.15, -0.1) is 0 Å². The van der Waals surface area contributed by atoms with Crippen LogP contribution in [0.25, 0.3) is 11.0 Å². The van der Waals surface area contributed by atoms with Gasteiger partial charge in [0.15, 0.2) is 0 Å². The Labute approximate surface area is 170 Å². The highest BCUT2D eigenvalue weighted by molar-refractivity contribution is 6.08. The number of aromatic nitrogens is 1. The first-order valence-electron chi connectivity index (χ1n) is 9.49. The number of carbonyl (C=O) groups is 1. The molecule has 4 N–H and O–H groups in total. The van der Waals surface area contributed by atoms with Crippen molar-refractivity contribution in [3.63, 3.8) is 0 Å². The molecule has 0 aliphatic carbocycles. The SMILES string of the molecule is Cc1oc2ccc(OCc3cccnc3O)c(C3CCNCC3(F)F)c2c1C(N)=O. The Bertz CT molecular complexity index is 1110. The number of carbonyl (C=O) groups excluding carboxylic acids is 1. The summed E-state index contributed by atoms with van der Waals surface area (Å²) in [5.74, 6) is -4.79. The van der Waals surface area contributed by atoms with E-state index in [0.29, 0.717) is 17.7 Å². The van der Waals surface area contributed by atoms with E-state index in [0.717, 1.165) is 0 Å². The molecule has 1 fully saturated rings. The second-order valence-corrected chi connectivity index (χ2v) is 7.30. The number of furan rings is 1. The van der Waals surface area contributed by atoms with Crippen molar-refractivity contribution >= 4 is 16.9 Å². The summed E-state index contributed by atoms with van der Waals surface area (Å²) in [6, 6.07) is 6.36. The van der Waals surface area contributed by atoms with Crippen molar-refractivity contribution in [2.75, 3.05) is 13.1 Å². The zero-order valence-electron chi connectivity index (χ0n) is 16.2. The minimum atomic E-state index is -3.07. The lowest BCUT2D eigenvalue weighted by molar-refractivity contribution is -0.0423. The van der Waals surface area contributed by atoms with E-state index in [9.17, 15) is 18.7 Å². The van der Waals surface area contributed by atoms with Crippen LogP contribution < -0.4 is 15.8 Å². The van der Waals surface area contributed by atoms with Crippen LogP contribution in [0.4, 0.5) is 8.78 Å². The van der Waals surface area contributed by atoms with E-state index >= 15 is 0 Å². The van der Waals surface area contributed by atoms with Crippen LogP contribution in [0.1, 0.15) is 39.6 Å². The molecule has 2 aromatic heterocycles. The van der Waals surface area contributed by atoms with E-state index in [1.54, 1.807) is 25.1 Å². The number of nitrogens with zero attached hydrogens (tertiary/aromatic N) is 1. The Kier molecular flexibility index (Phi) is 5.07. The van der Waals surface area contributed by atoms with Gasteiger partial charge in [-0.25, -0.2) is 13.8 Å². The summed E-state index contributed by atoms with van der Waals surface area (Å²) in [6.45, 7) is 1.39. The van der Waals surface area contributed by atoms with Gasteiger partial charge in [-0.2, -0.15) is 0 Å². The van der Waals surface area contributed by atoms with Crippen molar-refractivity contribution in [1.82, 2.24) is 10.3 Å². The first-order chi connectivity index (χ1) is 14.3. The van der Waals surface area contributed by atoms with Gasteiger partial charge in [0, 0.05) is 17.1 Å². The Hall–Kier alpha value is -3.20. The van der Waals surface area contributed by atoms with Gasteiger partial charge in [-0.3, -0.25) is 4.79 Å². The standard InChI is InChI=1S/C21H21F2N3O4/c1-11-16(19(24)27)18-15(30-11)5-4-14(29-9-12-3-2-7-26-20(12)28)17(18)13-6-8-25-10-21(13,22)23/h2-5,7,13,25H,6,8-10H2,1H3,(H2,24,27)(H,26,28). The third-order valence-corrected chi connectivity index (χ3v) is 5.36. The molecule has 4 rings (SSSR count). The van der Waals surface area contributed by atoms with Gasteiger partial charge in [0.2, 0.25) is 5.88 Å². The first kappa shape index (κ1) is 20.1. The van der Waals surface area contributed by atoms with Crippen molar-refractivity contribution in [2.24, 2.45) is 5.73 Å². The molecule has 0 spiro atoms. The van der Waals surface area contributed by atoms with Crippen molar-refractivity contribution in [2.45, 2.75) is 31.8 Å². The quantitative estimate of drug-likeness (QED) is 0.588. The highest BCUT2D eigenvalue weighted by Gasteiger charge is 2.45. The molecule has 0 radical (unpaired) electrons. The van der Waals surface area contributed by atoms with Crippen molar-refractivity contribution < 1.29 is 27.8 Å². The van der Waals surface area contributed by atoms with Crippen LogP contribution in [0.3, 0.4) is 0 Å². The van der Waals surface area contributed by atoms with Crippen LogP contribution in [-0.4, -0.2) is 35.0 Å². The van der Waals surface area contributed by atoms with Crippen molar-refractivity contribution in [3.05, 3.63) is 52.9 Å². The molecular weight excluding hydrogens is 396 g/mol. The Morgan fingerprint density at radius 2 is 2.23 bits per heavy atom. The Morgan fingerprint density at radius 3 is 2.93 bits per heavy atom. The van der Waals surface area contributed by atoms with Gasteiger partial charge < -0.3 is 25.3 Å². The lowest BCUT2D eigenvalue weighted by Crippen LogP contribution is -2.44. The number of aryl methyl sites for hydroxylation is 1. The summed E-state index contributed by atoms with van der Waals surface area (Å²) in [5, 5.41) is 12.8. The normalized spacial score (nSPS) is 18.4. The van der Waals surface area contributed by atoms with Crippen molar-refractivity contribution in [1.29, 1.82) is 0 Å². The molecule has 0 saturated carbocycles. The van der Waals surface area contributed by atoms with Gasteiger partial charge in [-0.05, 0) is 44.2 Å². The summed E-state index contributed by atoms with van der Waals surface area (Å²) in [7, 11) is 0. The molecule has 1 saturated heterocycles. The molecule has 1 amide bonds. The predicted molar refractivity (Wildman–Crippen MR) is 105 cm³/mol. The van der Waals surface area contributed by atoms with Gasteiger partial charge in [0.25, 0.3) is 11.8 Å². The Balaban J connectivity index is 1.88. The number of primary amides is 1. The predicted octanol–water partition coefficient (Wildman–Crippen LogP) is 3.23. The maximum atomic E-state index is 14.9. The fraction of sp³-hybridized carbons (Fsp3) is 0.333. The van der Waals surface area contributed by atoms with Gasteiger partial charge in [-0.1, -0.05) is 0 Å². The molecule has 0 bridgehead atoms. The van der Waals surface area contributed by atoms with Crippen molar-refractivity contribution in [3.8, 4) is 11.6 Å². The number of hydrogen-bond donors (Lipinski definition) is 3. The number of fused-ring (bicyclic) bond motifs is 1. The van der Waals surface area contributed by atoms with Gasteiger partial charge in [0.05, 0.1) is 23.6 Å². The van der Waals surface area contributed by atoms with Crippen LogP contribution >= 0.6 is 0 Å². The van der Waals surface area contributed by atoms with E-state index in [4.69, 9.17) is 14.9 Å². The van der Waals surface area contributed by atoms with E-state index in [1.807, 2.05) is 0 Å². The highest BCUT2D eigenvalue weighted by Crippen LogP contribution is 2.47. The van der Waals surface area contributed by atoms with Crippen LogP contribution in [0.2, 0.25) is 0 Å². The fourth-order valence-electron chi connectivity index (χ4n) is 3.97. The molecule has 1 atom stereocenters. The second kappa shape index (κ2) is 7.56. The molecule has 9 heteroatoms. The van der Waals surface area contributed by atoms with Gasteiger partial charge in [0.1, 0.15) is 23.7 Å². The number of halogens is 2. The number of ether oxygens (including phenoxy) is 1. The van der Waals surface area contributed by atoms with E-state index in [1.165, 1.54) is 12.3 Å². The maximum Gasteiger partial charge on any atom is 0.267 e. The number of nitrogens with two attached hydrogens (primary N) is 1. The van der Waals surface area contributed by atoms with Crippen LogP contribution in [-0.2, 0) is 6.61 Å². The molecule has 1 unspecified atom stereocenters. The molecule has 158 valence electrons. The summed E-state index contributed by atoms with van der Waals surface area (Å²) < 4.78 is 41.3. The maximum absolute atomic E-state index is 14.9. The number of aromatic hydroxyl groups is 1. The topological polar surface area (TPSA) is 111 Å². The largest absolute Gasteiger partial charge is 0.493 e. The number of rotatable bonds is 5. The minimum absolute atomic E-state index is 0.0732. The molecule has 30 heavy (non-hydrogen) atoms. The third-order valence-electron chi connectivity index (χ3n) is 5.36. The number of amides is 1. The average Bonchev–Trinajstić information content (AvgIpc) is 3.03. The zero-order valence-corrected chi connectivity index (χ0v) is 16.2. The second-order valence-electron chi connectivity index (χ2n) is 7.30.